The second kappa shape index (κ2) is 10.0. The highest BCUT2D eigenvalue weighted by molar-refractivity contribution is 6.00. The minimum atomic E-state index is -0.829. The molecule has 2 rings (SSSR count). The van der Waals surface area contributed by atoms with E-state index in [-0.39, 0.29) is 30.9 Å². The highest BCUT2D eigenvalue weighted by Crippen LogP contribution is 2.18. The van der Waals surface area contributed by atoms with Gasteiger partial charge in [0.25, 0.3) is 0 Å². The highest BCUT2D eigenvalue weighted by atomic mass is 16.6. The Balaban J connectivity index is 1.87. The van der Waals surface area contributed by atoms with Crippen LogP contribution in [-0.2, 0) is 9.53 Å². The summed E-state index contributed by atoms with van der Waals surface area (Å²) in [7, 11) is 1.49. The molecule has 0 unspecified atom stereocenters. The molecule has 0 aromatic carbocycles. The maximum atomic E-state index is 12.7. The van der Waals surface area contributed by atoms with E-state index < -0.39 is 5.54 Å². The number of amides is 2. The molecule has 0 atom stereocenters. The molecular weight excluding hydrogens is 376 g/mol. The second-order valence-corrected chi connectivity index (χ2v) is 7.12. The van der Waals surface area contributed by atoms with Crippen molar-refractivity contribution < 1.29 is 23.9 Å². The molecule has 1 saturated heterocycles. The highest BCUT2D eigenvalue weighted by Gasteiger charge is 2.37. The van der Waals surface area contributed by atoms with Gasteiger partial charge in [0.05, 0.1) is 25.4 Å². The SMILES string of the molecule is C=CCOC(=O)N1CCN(C(C)(C)C(=O)NCC(=O)c2cncc(OC)c2)CC1. The number of rotatable bonds is 8. The van der Waals surface area contributed by atoms with Crippen molar-refractivity contribution in [3.05, 3.63) is 36.7 Å². The van der Waals surface area contributed by atoms with Crippen LogP contribution < -0.4 is 10.1 Å². The van der Waals surface area contributed by atoms with Gasteiger partial charge in [0, 0.05) is 37.9 Å². The predicted molar refractivity (Wildman–Crippen MR) is 107 cm³/mol. The molecule has 2 heterocycles. The molecule has 1 N–H and O–H groups in total. The number of piperazine rings is 1. The fourth-order valence-corrected chi connectivity index (χ4v) is 2.98. The first-order valence-electron chi connectivity index (χ1n) is 9.37. The van der Waals surface area contributed by atoms with Crippen LogP contribution in [0.4, 0.5) is 4.79 Å². The molecule has 0 saturated carbocycles. The zero-order chi connectivity index (χ0) is 21.4. The summed E-state index contributed by atoms with van der Waals surface area (Å²) in [6.45, 7) is 9.12. The number of ether oxygens (including phenoxy) is 2. The summed E-state index contributed by atoms with van der Waals surface area (Å²) in [6.07, 6.45) is 4.08. The van der Waals surface area contributed by atoms with Gasteiger partial charge in [0.2, 0.25) is 5.91 Å². The lowest BCUT2D eigenvalue weighted by molar-refractivity contribution is -0.132. The van der Waals surface area contributed by atoms with Crippen LogP contribution in [0.25, 0.3) is 0 Å². The normalized spacial score (nSPS) is 14.8. The monoisotopic (exact) mass is 404 g/mol. The van der Waals surface area contributed by atoms with Gasteiger partial charge in [-0.15, -0.1) is 0 Å². The zero-order valence-electron chi connectivity index (χ0n) is 17.1. The topological polar surface area (TPSA) is 101 Å². The summed E-state index contributed by atoms with van der Waals surface area (Å²) in [5.74, 6) is -0.0354. The Labute approximate surface area is 170 Å². The van der Waals surface area contributed by atoms with Crippen LogP contribution in [0, 0.1) is 0 Å². The van der Waals surface area contributed by atoms with Crippen molar-refractivity contribution in [2.45, 2.75) is 19.4 Å². The van der Waals surface area contributed by atoms with Crippen LogP contribution >= 0.6 is 0 Å². The molecule has 29 heavy (non-hydrogen) atoms. The molecule has 1 fully saturated rings. The largest absolute Gasteiger partial charge is 0.495 e. The van der Waals surface area contributed by atoms with Gasteiger partial charge in [-0.1, -0.05) is 12.7 Å². The number of hydrogen-bond donors (Lipinski definition) is 1. The Bertz CT molecular complexity index is 757. The third kappa shape index (κ3) is 5.77. The molecule has 158 valence electrons. The van der Waals surface area contributed by atoms with E-state index in [1.807, 2.05) is 4.90 Å². The number of methoxy groups -OCH3 is 1. The molecule has 9 heteroatoms. The number of nitrogens with zero attached hydrogens (tertiary/aromatic N) is 3. The fourth-order valence-electron chi connectivity index (χ4n) is 2.98. The molecule has 0 bridgehead atoms. The van der Waals surface area contributed by atoms with E-state index in [0.29, 0.717) is 37.5 Å². The molecule has 1 aromatic heterocycles. The predicted octanol–water partition coefficient (Wildman–Crippen LogP) is 1.11. The van der Waals surface area contributed by atoms with Crippen molar-refractivity contribution in [2.24, 2.45) is 0 Å². The summed E-state index contributed by atoms with van der Waals surface area (Å²) in [6, 6.07) is 1.58. The van der Waals surface area contributed by atoms with Crippen LogP contribution in [0.1, 0.15) is 24.2 Å². The molecule has 0 aliphatic carbocycles. The summed E-state index contributed by atoms with van der Waals surface area (Å²) < 4.78 is 10.1. The van der Waals surface area contributed by atoms with Crippen molar-refractivity contribution in [2.75, 3.05) is 46.4 Å². The first kappa shape index (κ1) is 22.4. The average molecular weight is 404 g/mol. The summed E-state index contributed by atoms with van der Waals surface area (Å²) in [5, 5.41) is 2.70. The van der Waals surface area contributed by atoms with Gasteiger partial charge in [-0.2, -0.15) is 0 Å². The lowest BCUT2D eigenvalue weighted by Crippen LogP contribution is -2.61. The van der Waals surface area contributed by atoms with Crippen LogP contribution in [0.15, 0.2) is 31.1 Å². The Morgan fingerprint density at radius 1 is 1.24 bits per heavy atom. The molecule has 0 radical (unpaired) electrons. The fraction of sp³-hybridized carbons (Fsp3) is 0.500. The maximum absolute atomic E-state index is 12.7. The van der Waals surface area contributed by atoms with Gasteiger partial charge >= 0.3 is 6.09 Å². The molecule has 1 aliphatic rings. The van der Waals surface area contributed by atoms with Crippen LogP contribution in [0.2, 0.25) is 0 Å². The van der Waals surface area contributed by atoms with E-state index in [1.165, 1.54) is 25.6 Å². The Morgan fingerprint density at radius 2 is 1.93 bits per heavy atom. The summed E-state index contributed by atoms with van der Waals surface area (Å²) >= 11 is 0. The third-order valence-corrected chi connectivity index (χ3v) is 4.89. The summed E-state index contributed by atoms with van der Waals surface area (Å²) in [4.78, 5) is 44.5. The standard InChI is InChI=1S/C20H28N4O5/c1-5-10-29-19(27)23-6-8-24(9-7-23)20(2,3)18(26)22-14-17(25)15-11-16(28-4)13-21-12-15/h5,11-13H,1,6-10,14H2,2-4H3,(H,22,26). The van der Waals surface area contributed by atoms with E-state index in [9.17, 15) is 14.4 Å². The van der Waals surface area contributed by atoms with E-state index in [2.05, 4.69) is 16.9 Å². The molecule has 9 nitrogen and oxygen atoms in total. The van der Waals surface area contributed by atoms with E-state index >= 15 is 0 Å². The van der Waals surface area contributed by atoms with Gasteiger partial charge in [0.15, 0.2) is 5.78 Å². The minimum absolute atomic E-state index is 0.134. The van der Waals surface area contributed by atoms with Gasteiger partial charge in [-0.3, -0.25) is 19.5 Å². The third-order valence-electron chi connectivity index (χ3n) is 4.89. The number of Topliss-reactive ketones (excluding diaryl/α,β-unsaturated/α-hetero) is 1. The first-order chi connectivity index (χ1) is 13.8. The smallest absolute Gasteiger partial charge is 0.410 e. The summed E-state index contributed by atoms with van der Waals surface area (Å²) in [5.41, 5.74) is -0.460. The second-order valence-electron chi connectivity index (χ2n) is 7.12. The molecule has 1 aliphatic heterocycles. The quantitative estimate of drug-likeness (QED) is 0.512. The number of hydrogen-bond acceptors (Lipinski definition) is 7. The first-order valence-corrected chi connectivity index (χ1v) is 9.37. The Kier molecular flexibility index (Phi) is 7.72. The Morgan fingerprint density at radius 3 is 2.55 bits per heavy atom. The van der Waals surface area contributed by atoms with Crippen molar-refractivity contribution in [3.63, 3.8) is 0 Å². The van der Waals surface area contributed by atoms with Crippen LogP contribution in [0.3, 0.4) is 0 Å². The van der Waals surface area contributed by atoms with Gasteiger partial charge in [-0.05, 0) is 19.9 Å². The molecule has 0 spiro atoms. The number of ketones is 1. The van der Waals surface area contributed by atoms with E-state index in [0.717, 1.165) is 0 Å². The van der Waals surface area contributed by atoms with E-state index in [4.69, 9.17) is 9.47 Å². The minimum Gasteiger partial charge on any atom is -0.495 e. The number of aromatic nitrogens is 1. The van der Waals surface area contributed by atoms with Gasteiger partial charge < -0.3 is 19.7 Å². The number of carbonyl (C=O) groups excluding carboxylic acids is 3. The average Bonchev–Trinajstić information content (AvgIpc) is 2.75. The van der Waals surface area contributed by atoms with Gasteiger partial charge in [-0.25, -0.2) is 4.79 Å². The van der Waals surface area contributed by atoms with Crippen molar-refractivity contribution >= 4 is 17.8 Å². The maximum Gasteiger partial charge on any atom is 0.410 e. The van der Waals surface area contributed by atoms with E-state index in [1.54, 1.807) is 24.8 Å². The zero-order valence-corrected chi connectivity index (χ0v) is 17.1. The number of nitrogens with one attached hydrogen (secondary N) is 1. The van der Waals surface area contributed by atoms with Gasteiger partial charge in [0.1, 0.15) is 12.4 Å². The van der Waals surface area contributed by atoms with Crippen LogP contribution in [0.5, 0.6) is 5.75 Å². The molecule has 1 aromatic rings. The van der Waals surface area contributed by atoms with Crippen molar-refractivity contribution in [1.82, 2.24) is 20.1 Å². The van der Waals surface area contributed by atoms with Crippen molar-refractivity contribution in [1.29, 1.82) is 0 Å². The molecular formula is C20H28N4O5. The number of carbonyl (C=O) groups is 3. The molecule has 2 amide bonds. The lowest BCUT2D eigenvalue weighted by Gasteiger charge is -2.42. The van der Waals surface area contributed by atoms with Crippen molar-refractivity contribution in [3.8, 4) is 5.75 Å². The number of pyridine rings is 1. The Hall–Kier alpha value is -2.94. The lowest BCUT2D eigenvalue weighted by atomic mass is 10.00. The van der Waals surface area contributed by atoms with Crippen LogP contribution in [-0.4, -0.2) is 84.5 Å².